The highest BCUT2D eigenvalue weighted by atomic mass is 35.5. The molecule has 0 aliphatic carbocycles. The van der Waals surface area contributed by atoms with E-state index in [9.17, 15) is 4.79 Å². The topological polar surface area (TPSA) is 32.3 Å². The second-order valence-electron chi connectivity index (χ2n) is 5.64. The largest absolute Gasteiger partial charge is 0.336 e. The number of rotatable bonds is 3. The van der Waals surface area contributed by atoms with Crippen molar-refractivity contribution in [2.45, 2.75) is 51.1 Å². The van der Waals surface area contributed by atoms with Crippen LogP contribution in [-0.2, 0) is 11.2 Å². The van der Waals surface area contributed by atoms with Crippen molar-refractivity contribution >= 4 is 29.7 Å². The molecule has 1 fully saturated rings. The van der Waals surface area contributed by atoms with E-state index in [1.54, 1.807) is 0 Å². The first-order chi connectivity index (χ1) is 9.25. The summed E-state index contributed by atoms with van der Waals surface area (Å²) in [5.41, 5.74) is 1.36. The number of hydrogen-bond acceptors (Lipinski definition) is 3. The Morgan fingerprint density at radius 3 is 3.15 bits per heavy atom. The fraction of sp³-hybridized carbons (Fsp3) is 0.667. The van der Waals surface area contributed by atoms with Gasteiger partial charge in [-0.05, 0) is 56.2 Å². The summed E-state index contributed by atoms with van der Waals surface area (Å²) in [7, 11) is 0. The zero-order chi connectivity index (χ0) is 13.2. The Bertz CT molecular complexity index is 456. The van der Waals surface area contributed by atoms with Crippen LogP contribution in [0.2, 0.25) is 0 Å². The van der Waals surface area contributed by atoms with Gasteiger partial charge in [0.1, 0.15) is 0 Å². The molecular formula is C15H23ClN2OS. The number of hydrogen-bond donors (Lipinski definition) is 1. The zero-order valence-electron chi connectivity index (χ0n) is 11.9. The van der Waals surface area contributed by atoms with Gasteiger partial charge in [0, 0.05) is 23.9 Å². The predicted octanol–water partition coefficient (Wildman–Crippen LogP) is 3.15. The van der Waals surface area contributed by atoms with Crippen LogP contribution >= 0.6 is 23.7 Å². The molecule has 20 heavy (non-hydrogen) atoms. The molecule has 2 unspecified atom stereocenters. The molecule has 2 aliphatic rings. The van der Waals surface area contributed by atoms with Gasteiger partial charge < -0.3 is 10.2 Å². The van der Waals surface area contributed by atoms with Crippen molar-refractivity contribution in [2.24, 2.45) is 0 Å². The van der Waals surface area contributed by atoms with Crippen molar-refractivity contribution in [2.75, 3.05) is 13.1 Å². The van der Waals surface area contributed by atoms with Gasteiger partial charge in [0.05, 0.1) is 6.04 Å². The Hall–Kier alpha value is -0.580. The van der Waals surface area contributed by atoms with E-state index < -0.39 is 0 Å². The first kappa shape index (κ1) is 15.8. The number of amides is 1. The number of nitrogens with one attached hydrogen (secondary N) is 1. The average molecular weight is 315 g/mol. The van der Waals surface area contributed by atoms with Gasteiger partial charge in [-0.2, -0.15) is 0 Å². The second-order valence-corrected chi connectivity index (χ2v) is 6.64. The molecule has 3 rings (SSSR count). The van der Waals surface area contributed by atoms with Crippen LogP contribution in [0.15, 0.2) is 11.4 Å². The van der Waals surface area contributed by atoms with Crippen LogP contribution in [-0.4, -0.2) is 29.9 Å². The Kier molecular flexibility index (Phi) is 5.47. The maximum Gasteiger partial charge on any atom is 0.223 e. The molecule has 0 bridgehead atoms. The number of thiophene rings is 1. The minimum atomic E-state index is 0. The third-order valence-electron chi connectivity index (χ3n) is 4.47. The zero-order valence-corrected chi connectivity index (χ0v) is 13.6. The summed E-state index contributed by atoms with van der Waals surface area (Å²) >= 11 is 1.83. The predicted molar refractivity (Wildman–Crippen MR) is 85.7 cm³/mol. The van der Waals surface area contributed by atoms with Crippen LogP contribution in [0, 0.1) is 0 Å². The number of carbonyl (C=O) groups is 1. The van der Waals surface area contributed by atoms with Crippen LogP contribution in [0.1, 0.15) is 49.1 Å². The summed E-state index contributed by atoms with van der Waals surface area (Å²) in [6.07, 6.45) is 5.22. The second kappa shape index (κ2) is 6.92. The molecule has 112 valence electrons. The standard InChI is InChI=1S/C15H22N2OS.ClH/c1-11-13-7-10-19-14(13)6-9-17(11)15(18)5-4-12-3-2-8-16-12;/h7,10-12,16H,2-6,8-9H2,1H3;1H. The third-order valence-corrected chi connectivity index (χ3v) is 5.46. The lowest BCUT2D eigenvalue weighted by molar-refractivity contribution is -0.133. The van der Waals surface area contributed by atoms with E-state index in [-0.39, 0.29) is 18.4 Å². The molecule has 3 nitrogen and oxygen atoms in total. The van der Waals surface area contributed by atoms with E-state index in [0.717, 1.165) is 25.9 Å². The molecule has 1 amide bonds. The summed E-state index contributed by atoms with van der Waals surface area (Å²) in [5, 5.41) is 5.62. The van der Waals surface area contributed by atoms with Crippen LogP contribution < -0.4 is 5.32 Å². The highest BCUT2D eigenvalue weighted by Crippen LogP contribution is 2.33. The molecule has 3 heterocycles. The fourth-order valence-corrected chi connectivity index (χ4v) is 4.26. The van der Waals surface area contributed by atoms with Gasteiger partial charge in [0.25, 0.3) is 0 Å². The van der Waals surface area contributed by atoms with E-state index >= 15 is 0 Å². The smallest absolute Gasteiger partial charge is 0.223 e. The Morgan fingerprint density at radius 2 is 2.40 bits per heavy atom. The number of halogens is 1. The lowest BCUT2D eigenvalue weighted by Gasteiger charge is -2.34. The number of nitrogens with zero attached hydrogens (tertiary/aromatic N) is 1. The molecule has 0 saturated carbocycles. The summed E-state index contributed by atoms with van der Waals surface area (Å²) in [6, 6.07) is 3.02. The van der Waals surface area contributed by atoms with E-state index in [1.165, 1.54) is 23.3 Å². The first-order valence-electron chi connectivity index (χ1n) is 7.35. The molecule has 1 aromatic rings. The highest BCUT2D eigenvalue weighted by Gasteiger charge is 2.28. The summed E-state index contributed by atoms with van der Waals surface area (Å²) in [5.74, 6) is 0.332. The van der Waals surface area contributed by atoms with Crippen molar-refractivity contribution in [3.8, 4) is 0 Å². The maximum absolute atomic E-state index is 12.4. The van der Waals surface area contributed by atoms with Crippen LogP contribution in [0.25, 0.3) is 0 Å². The molecule has 0 aromatic carbocycles. The molecule has 2 atom stereocenters. The van der Waals surface area contributed by atoms with Crippen molar-refractivity contribution in [3.63, 3.8) is 0 Å². The first-order valence-corrected chi connectivity index (χ1v) is 8.23. The van der Waals surface area contributed by atoms with Crippen molar-refractivity contribution in [1.82, 2.24) is 10.2 Å². The number of fused-ring (bicyclic) bond motifs is 1. The molecular weight excluding hydrogens is 292 g/mol. The summed E-state index contributed by atoms with van der Waals surface area (Å²) in [4.78, 5) is 15.9. The van der Waals surface area contributed by atoms with Crippen LogP contribution in [0.5, 0.6) is 0 Å². The van der Waals surface area contributed by atoms with Crippen LogP contribution in [0.4, 0.5) is 0 Å². The van der Waals surface area contributed by atoms with Gasteiger partial charge in [-0.15, -0.1) is 23.7 Å². The lowest BCUT2D eigenvalue weighted by atomic mass is 10.0. The fourth-order valence-electron chi connectivity index (χ4n) is 3.29. The lowest BCUT2D eigenvalue weighted by Crippen LogP contribution is -2.38. The quantitative estimate of drug-likeness (QED) is 0.929. The van der Waals surface area contributed by atoms with Crippen LogP contribution in [0.3, 0.4) is 0 Å². The van der Waals surface area contributed by atoms with Crippen molar-refractivity contribution in [3.05, 3.63) is 21.9 Å². The minimum Gasteiger partial charge on any atom is -0.336 e. The monoisotopic (exact) mass is 314 g/mol. The molecule has 1 aromatic heterocycles. The van der Waals surface area contributed by atoms with E-state index in [2.05, 4.69) is 28.6 Å². The van der Waals surface area contributed by atoms with E-state index in [4.69, 9.17) is 0 Å². The third kappa shape index (κ3) is 3.18. The summed E-state index contributed by atoms with van der Waals surface area (Å²) < 4.78 is 0. The van der Waals surface area contributed by atoms with Gasteiger partial charge in [-0.1, -0.05) is 0 Å². The Morgan fingerprint density at radius 1 is 1.55 bits per heavy atom. The maximum atomic E-state index is 12.4. The molecule has 5 heteroatoms. The highest BCUT2D eigenvalue weighted by molar-refractivity contribution is 7.10. The molecule has 2 aliphatic heterocycles. The number of carbonyl (C=O) groups excluding carboxylic acids is 1. The van der Waals surface area contributed by atoms with Crippen molar-refractivity contribution in [1.29, 1.82) is 0 Å². The van der Waals surface area contributed by atoms with Gasteiger partial charge in [0.15, 0.2) is 0 Å². The SMILES string of the molecule is CC1c2ccsc2CCN1C(=O)CCC1CCCN1.Cl. The Balaban J connectivity index is 0.00000147. The van der Waals surface area contributed by atoms with Gasteiger partial charge in [-0.25, -0.2) is 0 Å². The van der Waals surface area contributed by atoms with E-state index in [0.29, 0.717) is 18.4 Å². The molecule has 1 saturated heterocycles. The molecule has 0 radical (unpaired) electrons. The van der Waals surface area contributed by atoms with Gasteiger partial charge in [-0.3, -0.25) is 4.79 Å². The minimum absolute atomic E-state index is 0. The van der Waals surface area contributed by atoms with Crippen molar-refractivity contribution < 1.29 is 4.79 Å². The van der Waals surface area contributed by atoms with Gasteiger partial charge >= 0.3 is 0 Å². The normalized spacial score (nSPS) is 25.1. The average Bonchev–Trinajstić information content (AvgIpc) is 3.07. The summed E-state index contributed by atoms with van der Waals surface area (Å²) in [6.45, 7) is 4.18. The Labute approximate surface area is 131 Å². The van der Waals surface area contributed by atoms with Gasteiger partial charge in [0.2, 0.25) is 5.91 Å². The van der Waals surface area contributed by atoms with E-state index in [1.807, 2.05) is 11.3 Å². The molecule has 1 N–H and O–H groups in total. The molecule has 0 spiro atoms.